The molecule has 0 bridgehead atoms. The predicted molar refractivity (Wildman–Crippen MR) is 109 cm³/mol. The Morgan fingerprint density at radius 3 is 2.89 bits per heavy atom. The first-order chi connectivity index (χ1) is 13.5. The maximum absolute atomic E-state index is 12.7. The standard InChI is InChI=1S/C18H14BrClN4O3S/c19-14-7-6-13(27-14)18(26)24-8-2-5-12(24)16-22-23-17(28-16)15(25)21-11-4-1-3-10(20)9-11/h1,3-4,6-7,9,12H,2,5,8H2,(H,21,25). The lowest BCUT2D eigenvalue weighted by Crippen LogP contribution is -2.30. The minimum Gasteiger partial charge on any atom is -0.444 e. The number of carbonyl (C=O) groups excluding carboxylic acids is 2. The zero-order valence-corrected chi connectivity index (χ0v) is 17.6. The number of amides is 2. The minimum atomic E-state index is -0.364. The van der Waals surface area contributed by atoms with Gasteiger partial charge in [-0.3, -0.25) is 9.59 Å². The number of benzene rings is 1. The van der Waals surface area contributed by atoms with Crippen molar-refractivity contribution in [3.05, 3.63) is 61.9 Å². The second kappa shape index (κ2) is 8.02. The predicted octanol–water partition coefficient (Wildman–Crippen LogP) is 4.78. The van der Waals surface area contributed by atoms with Crippen molar-refractivity contribution in [1.82, 2.24) is 15.1 Å². The Morgan fingerprint density at radius 1 is 1.29 bits per heavy atom. The molecule has 3 heterocycles. The zero-order valence-electron chi connectivity index (χ0n) is 14.4. The molecule has 1 unspecified atom stereocenters. The van der Waals surface area contributed by atoms with E-state index in [0.29, 0.717) is 26.9 Å². The molecule has 1 atom stereocenters. The first kappa shape index (κ1) is 19.1. The topological polar surface area (TPSA) is 88.3 Å². The third-order valence-corrected chi connectivity index (χ3v) is 5.98. The molecule has 1 aliphatic heterocycles. The van der Waals surface area contributed by atoms with Crippen molar-refractivity contribution in [2.75, 3.05) is 11.9 Å². The Kier molecular flexibility index (Phi) is 5.47. The van der Waals surface area contributed by atoms with E-state index in [9.17, 15) is 9.59 Å². The average molecular weight is 482 g/mol. The van der Waals surface area contributed by atoms with Gasteiger partial charge in [-0.2, -0.15) is 0 Å². The smallest absolute Gasteiger partial charge is 0.290 e. The van der Waals surface area contributed by atoms with E-state index in [4.69, 9.17) is 16.0 Å². The molecule has 1 fully saturated rings. The summed E-state index contributed by atoms with van der Waals surface area (Å²) in [5, 5.41) is 12.3. The Balaban J connectivity index is 1.50. The number of hydrogen-bond donors (Lipinski definition) is 1. The van der Waals surface area contributed by atoms with Crippen LogP contribution in [0.15, 0.2) is 45.5 Å². The molecule has 1 N–H and O–H groups in total. The molecule has 0 spiro atoms. The normalized spacial score (nSPS) is 16.4. The van der Waals surface area contributed by atoms with Crippen molar-refractivity contribution in [3.8, 4) is 0 Å². The molecule has 144 valence electrons. The van der Waals surface area contributed by atoms with Gasteiger partial charge in [-0.15, -0.1) is 10.2 Å². The fraction of sp³-hybridized carbons (Fsp3) is 0.222. The number of halogens is 2. The Morgan fingerprint density at radius 2 is 2.14 bits per heavy atom. The Hall–Kier alpha value is -2.23. The van der Waals surface area contributed by atoms with E-state index >= 15 is 0 Å². The Bertz CT molecular complexity index is 1040. The SMILES string of the molecule is O=C(Nc1cccc(Cl)c1)c1nnc(C2CCCN2C(=O)c2ccc(Br)o2)s1. The van der Waals surface area contributed by atoms with Crippen LogP contribution in [0.1, 0.15) is 44.2 Å². The lowest BCUT2D eigenvalue weighted by atomic mass is 10.2. The largest absolute Gasteiger partial charge is 0.444 e. The highest BCUT2D eigenvalue weighted by Crippen LogP contribution is 2.35. The molecule has 4 rings (SSSR count). The highest BCUT2D eigenvalue weighted by Gasteiger charge is 2.34. The summed E-state index contributed by atoms with van der Waals surface area (Å²) >= 11 is 10.3. The molecule has 10 heteroatoms. The van der Waals surface area contributed by atoms with Crippen LogP contribution in [0.25, 0.3) is 0 Å². The molecule has 0 aliphatic carbocycles. The van der Waals surface area contributed by atoms with Crippen LogP contribution in [-0.2, 0) is 0 Å². The van der Waals surface area contributed by atoms with Gasteiger partial charge in [0.05, 0.1) is 6.04 Å². The molecule has 7 nitrogen and oxygen atoms in total. The minimum absolute atomic E-state index is 0.201. The molecule has 0 saturated carbocycles. The molecule has 1 saturated heterocycles. The van der Waals surface area contributed by atoms with E-state index in [-0.39, 0.29) is 28.6 Å². The third-order valence-electron chi connectivity index (χ3n) is 4.30. The molecule has 2 aromatic heterocycles. The first-order valence-electron chi connectivity index (χ1n) is 8.48. The van der Waals surface area contributed by atoms with Crippen LogP contribution < -0.4 is 5.32 Å². The molecule has 1 aliphatic rings. The van der Waals surface area contributed by atoms with Crippen molar-refractivity contribution in [3.63, 3.8) is 0 Å². The van der Waals surface area contributed by atoms with E-state index in [1.165, 1.54) is 11.3 Å². The molecule has 3 aromatic rings. The molecular formula is C18H14BrClN4O3S. The molecule has 0 radical (unpaired) electrons. The van der Waals surface area contributed by atoms with E-state index < -0.39 is 0 Å². The van der Waals surface area contributed by atoms with Gasteiger partial charge in [0.15, 0.2) is 10.4 Å². The van der Waals surface area contributed by atoms with E-state index in [2.05, 4.69) is 31.4 Å². The number of nitrogens with one attached hydrogen (secondary N) is 1. The highest BCUT2D eigenvalue weighted by atomic mass is 79.9. The summed E-state index contributed by atoms with van der Waals surface area (Å²) in [5.41, 5.74) is 0.579. The van der Waals surface area contributed by atoms with Gasteiger partial charge in [-0.1, -0.05) is 29.0 Å². The maximum Gasteiger partial charge on any atom is 0.290 e. The lowest BCUT2D eigenvalue weighted by Gasteiger charge is -2.21. The van der Waals surface area contributed by atoms with Gasteiger partial charge < -0.3 is 14.6 Å². The van der Waals surface area contributed by atoms with Crippen molar-refractivity contribution in [1.29, 1.82) is 0 Å². The van der Waals surface area contributed by atoms with Gasteiger partial charge in [-0.25, -0.2) is 0 Å². The van der Waals surface area contributed by atoms with E-state index in [0.717, 1.165) is 12.8 Å². The van der Waals surface area contributed by atoms with Crippen molar-refractivity contribution in [2.24, 2.45) is 0 Å². The molecular weight excluding hydrogens is 468 g/mol. The number of likely N-dealkylation sites (tertiary alicyclic amines) is 1. The number of hydrogen-bond acceptors (Lipinski definition) is 6. The van der Waals surface area contributed by atoms with Crippen LogP contribution in [0.2, 0.25) is 5.02 Å². The molecule has 28 heavy (non-hydrogen) atoms. The number of aromatic nitrogens is 2. The van der Waals surface area contributed by atoms with Gasteiger partial charge in [-0.05, 0) is 59.1 Å². The maximum atomic E-state index is 12.7. The fourth-order valence-corrected chi connectivity index (χ4v) is 4.43. The number of rotatable bonds is 4. The van der Waals surface area contributed by atoms with Crippen molar-refractivity contribution < 1.29 is 14.0 Å². The van der Waals surface area contributed by atoms with Gasteiger partial charge >= 0.3 is 0 Å². The highest BCUT2D eigenvalue weighted by molar-refractivity contribution is 9.10. The first-order valence-corrected chi connectivity index (χ1v) is 10.5. The summed E-state index contributed by atoms with van der Waals surface area (Å²) in [7, 11) is 0. The summed E-state index contributed by atoms with van der Waals surface area (Å²) < 4.78 is 5.88. The van der Waals surface area contributed by atoms with Crippen LogP contribution in [0.5, 0.6) is 0 Å². The quantitative estimate of drug-likeness (QED) is 0.579. The van der Waals surface area contributed by atoms with E-state index in [1.807, 2.05) is 0 Å². The van der Waals surface area contributed by atoms with Gasteiger partial charge in [0.1, 0.15) is 5.01 Å². The van der Waals surface area contributed by atoms with Crippen LogP contribution >= 0.6 is 38.9 Å². The van der Waals surface area contributed by atoms with Crippen LogP contribution in [0.4, 0.5) is 5.69 Å². The van der Waals surface area contributed by atoms with E-state index in [1.54, 1.807) is 41.3 Å². The van der Waals surface area contributed by atoms with Crippen LogP contribution in [0, 0.1) is 0 Å². The zero-order chi connectivity index (χ0) is 19.7. The number of nitrogens with zero attached hydrogens (tertiary/aromatic N) is 3. The number of anilines is 1. The monoisotopic (exact) mass is 480 g/mol. The summed E-state index contributed by atoms with van der Waals surface area (Å²) in [6, 6.07) is 9.96. The number of carbonyl (C=O) groups is 2. The summed E-state index contributed by atoms with van der Waals surface area (Å²) in [6.45, 7) is 0.603. The summed E-state index contributed by atoms with van der Waals surface area (Å²) in [5.74, 6) is -0.299. The second-order valence-electron chi connectivity index (χ2n) is 6.17. The fourth-order valence-electron chi connectivity index (χ4n) is 3.05. The van der Waals surface area contributed by atoms with Crippen molar-refractivity contribution in [2.45, 2.75) is 18.9 Å². The molecule has 2 amide bonds. The van der Waals surface area contributed by atoms with Gasteiger partial charge in [0, 0.05) is 17.3 Å². The molecule has 1 aromatic carbocycles. The third kappa shape index (κ3) is 3.96. The van der Waals surface area contributed by atoms with Crippen molar-refractivity contribution >= 4 is 56.4 Å². The second-order valence-corrected chi connectivity index (χ2v) is 8.40. The van der Waals surface area contributed by atoms with Crippen LogP contribution in [-0.4, -0.2) is 33.5 Å². The average Bonchev–Trinajstić information content (AvgIpc) is 3.41. The Labute approximate surface area is 177 Å². The number of furan rings is 1. The van der Waals surface area contributed by atoms with Gasteiger partial charge in [0.2, 0.25) is 5.01 Å². The van der Waals surface area contributed by atoms with Gasteiger partial charge in [0.25, 0.3) is 11.8 Å². The summed E-state index contributed by atoms with van der Waals surface area (Å²) in [6.07, 6.45) is 1.61. The summed E-state index contributed by atoms with van der Waals surface area (Å²) in [4.78, 5) is 26.9. The lowest BCUT2D eigenvalue weighted by molar-refractivity contribution is 0.0701. The van der Waals surface area contributed by atoms with Crippen LogP contribution in [0.3, 0.4) is 0 Å².